The van der Waals surface area contributed by atoms with Gasteiger partial charge in [0.15, 0.2) is 0 Å². The summed E-state index contributed by atoms with van der Waals surface area (Å²) in [6, 6.07) is 0. The van der Waals surface area contributed by atoms with Crippen LogP contribution in [0, 0.1) is 11.8 Å². The van der Waals surface area contributed by atoms with E-state index in [1.54, 1.807) is 0 Å². The molecule has 1 heterocycles. The molecular weight excluding hydrogens is 102 g/mol. The van der Waals surface area contributed by atoms with Crippen molar-refractivity contribution in [1.29, 1.82) is 0 Å². The number of fused-ring (bicyclic) bond motifs is 1. The molecule has 8 heavy (non-hydrogen) atoms. The van der Waals surface area contributed by atoms with Crippen molar-refractivity contribution < 1.29 is 4.79 Å². The van der Waals surface area contributed by atoms with Crippen molar-refractivity contribution in [2.24, 2.45) is 11.8 Å². The molecule has 0 aromatic rings. The summed E-state index contributed by atoms with van der Waals surface area (Å²) in [5.74, 6) is 1.42. The van der Waals surface area contributed by atoms with Crippen LogP contribution in [-0.4, -0.2) is 12.5 Å². The first-order valence-corrected chi connectivity index (χ1v) is 3.15. The molecule has 2 fully saturated rings. The van der Waals surface area contributed by atoms with E-state index >= 15 is 0 Å². The molecule has 2 aliphatic rings. The van der Waals surface area contributed by atoms with Gasteiger partial charge in [-0.1, -0.05) is 0 Å². The molecule has 1 saturated heterocycles. The van der Waals surface area contributed by atoms with Gasteiger partial charge in [-0.25, -0.2) is 0 Å². The highest BCUT2D eigenvalue weighted by atomic mass is 16.2. The number of hydrogen-bond donors (Lipinski definition) is 1. The van der Waals surface area contributed by atoms with Gasteiger partial charge in [0, 0.05) is 12.5 Å². The highest BCUT2D eigenvalue weighted by Crippen LogP contribution is 2.37. The van der Waals surface area contributed by atoms with E-state index in [4.69, 9.17) is 0 Å². The lowest BCUT2D eigenvalue weighted by Crippen LogP contribution is -2.26. The van der Waals surface area contributed by atoms with Crippen LogP contribution in [0.25, 0.3) is 0 Å². The van der Waals surface area contributed by atoms with Crippen molar-refractivity contribution in [3.8, 4) is 0 Å². The van der Waals surface area contributed by atoms with Crippen LogP contribution in [0.15, 0.2) is 0 Å². The predicted octanol–water partition coefficient (Wildman–Crippen LogP) is 0.142. The second kappa shape index (κ2) is 1.24. The number of amides is 1. The summed E-state index contributed by atoms with van der Waals surface area (Å²) in [6.07, 6.45) is 2.40. The Kier molecular flexibility index (Phi) is 0.678. The molecule has 2 atom stereocenters. The summed E-state index contributed by atoms with van der Waals surface area (Å²) in [4.78, 5) is 10.7. The van der Waals surface area contributed by atoms with Crippen molar-refractivity contribution in [3.63, 3.8) is 0 Å². The van der Waals surface area contributed by atoms with Crippen LogP contribution in [-0.2, 0) is 4.79 Å². The molecule has 1 N–H and O–H groups in total. The van der Waals surface area contributed by atoms with Gasteiger partial charge in [-0.15, -0.1) is 0 Å². The summed E-state index contributed by atoms with van der Waals surface area (Å²) in [7, 11) is 0. The Labute approximate surface area is 48.3 Å². The number of hydrogen-bond acceptors (Lipinski definition) is 1. The minimum atomic E-state index is 0.293. The van der Waals surface area contributed by atoms with Crippen LogP contribution in [0.1, 0.15) is 12.8 Å². The van der Waals surface area contributed by atoms with Crippen LogP contribution in [0.2, 0.25) is 0 Å². The van der Waals surface area contributed by atoms with Crippen molar-refractivity contribution in [1.82, 2.24) is 5.32 Å². The summed E-state index contributed by atoms with van der Waals surface area (Å²) in [5.41, 5.74) is 0. The maximum Gasteiger partial charge on any atom is 0.223 e. The van der Waals surface area contributed by atoms with Crippen molar-refractivity contribution in [2.45, 2.75) is 12.8 Å². The Balaban J connectivity index is 2.15. The third kappa shape index (κ3) is 0.358. The molecule has 1 aliphatic carbocycles. The van der Waals surface area contributed by atoms with Gasteiger partial charge < -0.3 is 5.32 Å². The quantitative estimate of drug-likeness (QED) is 0.473. The molecule has 0 unspecified atom stereocenters. The maximum absolute atomic E-state index is 10.7. The second-order valence-electron chi connectivity index (χ2n) is 2.69. The molecule has 44 valence electrons. The molecule has 1 aliphatic heterocycles. The standard InChI is InChI=1S/C6H9NO/c8-6-5-2-1-4(5)3-7-6/h4-5H,1-3H2,(H,7,8)/t4-,5-/m0/s1. The van der Waals surface area contributed by atoms with E-state index in [9.17, 15) is 4.79 Å². The monoisotopic (exact) mass is 111 g/mol. The lowest BCUT2D eigenvalue weighted by Gasteiger charge is -2.25. The normalized spacial score (nSPS) is 42.8. The zero-order valence-electron chi connectivity index (χ0n) is 4.68. The first-order valence-electron chi connectivity index (χ1n) is 3.15. The Morgan fingerprint density at radius 2 is 2.38 bits per heavy atom. The first-order chi connectivity index (χ1) is 3.88. The van der Waals surface area contributed by atoms with Gasteiger partial charge in [-0.3, -0.25) is 4.79 Å². The highest BCUT2D eigenvalue weighted by molar-refractivity contribution is 5.82. The Bertz CT molecular complexity index is 132. The molecule has 0 bridgehead atoms. The molecule has 1 amide bonds. The van der Waals surface area contributed by atoms with Crippen LogP contribution < -0.4 is 5.32 Å². The molecule has 2 rings (SSSR count). The zero-order valence-corrected chi connectivity index (χ0v) is 4.68. The fourth-order valence-corrected chi connectivity index (χ4v) is 1.52. The average molecular weight is 111 g/mol. The summed E-state index contributed by atoms with van der Waals surface area (Å²) in [5, 5.41) is 2.84. The van der Waals surface area contributed by atoms with Gasteiger partial charge in [0.05, 0.1) is 0 Å². The largest absolute Gasteiger partial charge is 0.356 e. The van der Waals surface area contributed by atoms with Crippen LogP contribution in [0.5, 0.6) is 0 Å². The average Bonchev–Trinajstić information content (AvgIpc) is 1.80. The SMILES string of the molecule is O=C1NC[C@@H]2CC[C@H]12. The highest BCUT2D eigenvalue weighted by Gasteiger charge is 2.41. The van der Waals surface area contributed by atoms with Gasteiger partial charge in [-0.05, 0) is 18.8 Å². The van der Waals surface area contributed by atoms with Crippen LogP contribution >= 0.6 is 0 Å². The number of nitrogens with one attached hydrogen (secondary N) is 1. The van der Waals surface area contributed by atoms with Crippen LogP contribution in [0.3, 0.4) is 0 Å². The number of carbonyl (C=O) groups is 1. The van der Waals surface area contributed by atoms with E-state index in [1.165, 1.54) is 6.42 Å². The van der Waals surface area contributed by atoms with E-state index in [0.29, 0.717) is 17.7 Å². The number of carbonyl (C=O) groups excluding carboxylic acids is 1. The van der Waals surface area contributed by atoms with Gasteiger partial charge in [-0.2, -0.15) is 0 Å². The molecule has 1 saturated carbocycles. The molecular formula is C6H9NO. The molecule has 0 radical (unpaired) electrons. The summed E-state index contributed by atoms with van der Waals surface area (Å²) < 4.78 is 0. The van der Waals surface area contributed by atoms with Crippen molar-refractivity contribution >= 4 is 5.91 Å². The van der Waals surface area contributed by atoms with Gasteiger partial charge in [0.2, 0.25) is 5.91 Å². The summed E-state index contributed by atoms with van der Waals surface area (Å²) >= 11 is 0. The molecule has 0 spiro atoms. The minimum Gasteiger partial charge on any atom is -0.356 e. The Hall–Kier alpha value is -0.530. The second-order valence-corrected chi connectivity index (χ2v) is 2.69. The smallest absolute Gasteiger partial charge is 0.223 e. The van der Waals surface area contributed by atoms with Crippen molar-refractivity contribution in [2.75, 3.05) is 6.54 Å². The van der Waals surface area contributed by atoms with E-state index in [2.05, 4.69) is 5.32 Å². The number of rotatable bonds is 0. The first kappa shape index (κ1) is 4.36. The lowest BCUT2D eigenvalue weighted by molar-refractivity contribution is -0.124. The van der Waals surface area contributed by atoms with Gasteiger partial charge in [0.25, 0.3) is 0 Å². The van der Waals surface area contributed by atoms with E-state index in [1.807, 2.05) is 0 Å². The third-order valence-corrected chi connectivity index (χ3v) is 2.29. The molecule has 0 aromatic carbocycles. The molecule has 2 heteroatoms. The lowest BCUT2D eigenvalue weighted by atomic mass is 9.76. The van der Waals surface area contributed by atoms with Crippen molar-refractivity contribution in [3.05, 3.63) is 0 Å². The van der Waals surface area contributed by atoms with Gasteiger partial charge in [0.1, 0.15) is 0 Å². The van der Waals surface area contributed by atoms with E-state index < -0.39 is 0 Å². The summed E-state index contributed by atoms with van der Waals surface area (Å²) in [6.45, 7) is 0.948. The Morgan fingerprint density at radius 3 is 2.62 bits per heavy atom. The zero-order chi connectivity index (χ0) is 5.56. The Morgan fingerprint density at radius 1 is 1.50 bits per heavy atom. The van der Waals surface area contributed by atoms with E-state index in [-0.39, 0.29) is 0 Å². The van der Waals surface area contributed by atoms with Crippen LogP contribution in [0.4, 0.5) is 0 Å². The predicted molar refractivity (Wildman–Crippen MR) is 29.2 cm³/mol. The maximum atomic E-state index is 10.7. The fraction of sp³-hybridized carbons (Fsp3) is 0.833. The minimum absolute atomic E-state index is 0.293. The molecule has 0 aromatic heterocycles. The fourth-order valence-electron chi connectivity index (χ4n) is 1.52. The third-order valence-electron chi connectivity index (χ3n) is 2.29. The molecule has 2 nitrogen and oxygen atoms in total. The van der Waals surface area contributed by atoms with E-state index in [0.717, 1.165) is 13.0 Å². The van der Waals surface area contributed by atoms with Gasteiger partial charge >= 0.3 is 0 Å². The topological polar surface area (TPSA) is 29.1 Å².